The summed E-state index contributed by atoms with van der Waals surface area (Å²) in [5, 5.41) is 14.3. The maximum Gasteiger partial charge on any atom is 0.187 e. The molecule has 0 N–H and O–H groups in total. The lowest BCUT2D eigenvalue weighted by Gasteiger charge is -2.34. The fraction of sp³-hybridized carbons (Fsp3) is 0.118. The Balaban J connectivity index is 1.20. The second-order valence-corrected chi connectivity index (χ2v) is 20.8. The van der Waals surface area contributed by atoms with Crippen molar-refractivity contribution >= 4 is 72.5 Å². The molecule has 0 saturated carbocycles. The van der Waals surface area contributed by atoms with Crippen LogP contribution in [-0.4, -0.2) is 0 Å². The predicted octanol–water partition coefficient (Wildman–Crippen LogP) is 18.9. The summed E-state index contributed by atoms with van der Waals surface area (Å²) in [6, 6.07) is 76.4. The number of hydrogen-bond donors (Lipinski definition) is 0. The summed E-state index contributed by atoms with van der Waals surface area (Å²) in [6.07, 6.45) is 0. The third-order valence-corrected chi connectivity index (χ3v) is 15.4. The normalized spacial score (nSPS) is 12.9. The highest BCUT2D eigenvalue weighted by Gasteiger charge is 2.54. The van der Waals surface area contributed by atoms with Crippen molar-refractivity contribution in [2.45, 2.75) is 51.4 Å². The van der Waals surface area contributed by atoms with E-state index in [4.69, 9.17) is 11.0 Å². The first-order valence-electron chi connectivity index (χ1n) is 25.1. The van der Waals surface area contributed by atoms with E-state index in [2.05, 4.69) is 225 Å². The number of nitriles is 1. The zero-order valence-corrected chi connectivity index (χ0v) is 41.4. The van der Waals surface area contributed by atoms with Crippen LogP contribution in [0.15, 0.2) is 211 Å². The zero-order chi connectivity index (χ0) is 49.8. The van der Waals surface area contributed by atoms with Gasteiger partial charge in [0.1, 0.15) is 5.58 Å². The SMILES string of the molecule is [C-]#[N+]c1ccc(N(c2ccc(C(C)(C)C)cc2)c2cc3c(c4ccccc24)-c2c(cc(N(c4ccc(C#N)cc4)c4ccc(C(C)C)cc4)c4oc5ccccc5c24)C32c3ccccc3-c3ccccc32)cc1. The van der Waals surface area contributed by atoms with Crippen LogP contribution >= 0.6 is 0 Å². The van der Waals surface area contributed by atoms with Gasteiger partial charge in [-0.1, -0.05) is 162 Å². The van der Waals surface area contributed by atoms with Gasteiger partial charge in [0.2, 0.25) is 0 Å². The third-order valence-electron chi connectivity index (χ3n) is 15.4. The Kier molecular flexibility index (Phi) is 9.88. The van der Waals surface area contributed by atoms with E-state index in [1.54, 1.807) is 0 Å². The summed E-state index contributed by atoms with van der Waals surface area (Å²) in [4.78, 5) is 8.49. The smallest absolute Gasteiger partial charge is 0.187 e. The zero-order valence-electron chi connectivity index (χ0n) is 41.4. The molecule has 0 unspecified atom stereocenters. The molecule has 0 fully saturated rings. The molecule has 1 aromatic heterocycles. The second-order valence-electron chi connectivity index (χ2n) is 20.8. The van der Waals surface area contributed by atoms with E-state index in [9.17, 15) is 5.26 Å². The lowest BCUT2D eigenvalue weighted by Crippen LogP contribution is -2.26. The molecule has 5 heteroatoms. The number of anilines is 6. The molecule has 2 aliphatic carbocycles. The molecule has 1 heterocycles. The lowest BCUT2D eigenvalue weighted by atomic mass is 9.70. The van der Waals surface area contributed by atoms with Crippen LogP contribution in [0, 0.1) is 17.9 Å². The largest absolute Gasteiger partial charge is 0.454 e. The van der Waals surface area contributed by atoms with Gasteiger partial charge in [0.05, 0.1) is 35.0 Å². The van der Waals surface area contributed by atoms with Gasteiger partial charge in [-0.2, -0.15) is 5.26 Å². The highest BCUT2D eigenvalue weighted by atomic mass is 16.3. The lowest BCUT2D eigenvalue weighted by molar-refractivity contribution is 0.590. The minimum Gasteiger partial charge on any atom is -0.454 e. The maximum atomic E-state index is 10.0. The van der Waals surface area contributed by atoms with Crippen molar-refractivity contribution in [3.63, 3.8) is 0 Å². The van der Waals surface area contributed by atoms with Crippen molar-refractivity contribution < 1.29 is 4.42 Å². The summed E-state index contributed by atoms with van der Waals surface area (Å²) in [5.41, 5.74) is 19.9. The van der Waals surface area contributed by atoms with Crippen molar-refractivity contribution in [2.24, 2.45) is 0 Å². The highest BCUT2D eigenvalue weighted by molar-refractivity contribution is 6.24. The molecule has 1 spiro atoms. The van der Waals surface area contributed by atoms with Gasteiger partial charge in [-0.3, -0.25) is 0 Å². The molecule has 0 bridgehead atoms. The molecule has 73 heavy (non-hydrogen) atoms. The number of nitrogens with zero attached hydrogens (tertiary/aromatic N) is 4. The van der Waals surface area contributed by atoms with Crippen LogP contribution < -0.4 is 9.80 Å². The molecule has 0 radical (unpaired) electrons. The van der Waals surface area contributed by atoms with Crippen molar-refractivity contribution in [1.82, 2.24) is 0 Å². The van der Waals surface area contributed by atoms with Gasteiger partial charge in [-0.05, 0) is 151 Å². The topological polar surface area (TPSA) is 47.8 Å². The predicted molar refractivity (Wildman–Crippen MR) is 301 cm³/mol. The molecule has 348 valence electrons. The van der Waals surface area contributed by atoms with Gasteiger partial charge >= 0.3 is 0 Å². The summed E-state index contributed by atoms with van der Waals surface area (Å²) in [6.45, 7) is 19.1. The van der Waals surface area contributed by atoms with Crippen LogP contribution in [0.2, 0.25) is 0 Å². The molecule has 0 saturated heterocycles. The molecule has 0 amide bonds. The van der Waals surface area contributed by atoms with Crippen LogP contribution in [0.1, 0.15) is 79.5 Å². The molecule has 10 aromatic carbocycles. The van der Waals surface area contributed by atoms with E-state index in [0.29, 0.717) is 17.2 Å². The van der Waals surface area contributed by atoms with E-state index in [0.717, 1.165) is 72.4 Å². The molecule has 0 aliphatic heterocycles. The average Bonchev–Trinajstić information content (AvgIpc) is 4.06. The van der Waals surface area contributed by atoms with E-state index in [1.165, 1.54) is 50.1 Å². The maximum absolute atomic E-state index is 10.0. The van der Waals surface area contributed by atoms with Crippen LogP contribution in [-0.2, 0) is 10.8 Å². The van der Waals surface area contributed by atoms with E-state index < -0.39 is 5.41 Å². The number of fused-ring (bicyclic) bond motifs is 16. The Morgan fingerprint density at radius 3 is 1.62 bits per heavy atom. The summed E-state index contributed by atoms with van der Waals surface area (Å²) in [5.74, 6) is 0.358. The van der Waals surface area contributed by atoms with Gasteiger partial charge in [-0.15, -0.1) is 0 Å². The molecule has 13 rings (SSSR count). The minimum absolute atomic E-state index is 0.0308. The van der Waals surface area contributed by atoms with E-state index in [1.807, 2.05) is 36.4 Å². The summed E-state index contributed by atoms with van der Waals surface area (Å²) in [7, 11) is 0. The minimum atomic E-state index is -0.786. The van der Waals surface area contributed by atoms with Crippen molar-refractivity contribution in [3.05, 3.63) is 257 Å². The van der Waals surface area contributed by atoms with Crippen LogP contribution in [0.3, 0.4) is 0 Å². The average molecular weight is 939 g/mol. The van der Waals surface area contributed by atoms with E-state index >= 15 is 0 Å². The number of para-hydroxylation sites is 1. The second kappa shape index (κ2) is 16.5. The molecule has 2 aliphatic rings. The molecule has 5 nitrogen and oxygen atoms in total. The van der Waals surface area contributed by atoms with Gasteiger partial charge in [0.15, 0.2) is 11.3 Å². The fourth-order valence-corrected chi connectivity index (χ4v) is 12.0. The Labute approximate surface area is 426 Å². The van der Waals surface area contributed by atoms with Gasteiger partial charge < -0.3 is 14.2 Å². The molecular formula is C68H50N4O. The highest BCUT2D eigenvalue weighted by Crippen LogP contribution is 2.67. The first kappa shape index (κ1) is 43.8. The summed E-state index contributed by atoms with van der Waals surface area (Å²) >= 11 is 0. The Hall–Kier alpha value is -9.16. The molecular weight excluding hydrogens is 889 g/mol. The number of furan rings is 1. The van der Waals surface area contributed by atoms with Gasteiger partial charge in [0, 0.05) is 38.9 Å². The number of benzene rings is 10. The van der Waals surface area contributed by atoms with Gasteiger partial charge in [-0.25, -0.2) is 4.85 Å². The Morgan fingerprint density at radius 1 is 0.534 bits per heavy atom. The van der Waals surface area contributed by atoms with Crippen molar-refractivity contribution in [1.29, 1.82) is 5.26 Å². The molecule has 0 atom stereocenters. The molecule has 11 aromatic rings. The van der Waals surface area contributed by atoms with Crippen LogP contribution in [0.25, 0.3) is 59.8 Å². The Morgan fingerprint density at radius 2 is 1.03 bits per heavy atom. The fourth-order valence-electron chi connectivity index (χ4n) is 12.0. The van der Waals surface area contributed by atoms with E-state index in [-0.39, 0.29) is 5.41 Å². The Bertz CT molecular complexity index is 4060. The third kappa shape index (κ3) is 6.52. The quantitative estimate of drug-likeness (QED) is 0.149. The monoisotopic (exact) mass is 938 g/mol. The van der Waals surface area contributed by atoms with Gasteiger partial charge in [0.25, 0.3) is 0 Å². The van der Waals surface area contributed by atoms with Crippen molar-refractivity contribution in [3.8, 4) is 28.3 Å². The first-order valence-corrected chi connectivity index (χ1v) is 25.1. The summed E-state index contributed by atoms with van der Waals surface area (Å²) < 4.78 is 7.26. The van der Waals surface area contributed by atoms with Crippen LogP contribution in [0.4, 0.5) is 39.8 Å². The number of hydrogen-bond acceptors (Lipinski definition) is 4. The standard InChI is InChI=1S/C68H50N4O/c1-42(2)44-25-33-48(34-26-44)72(47-31-23-43(41-69)24-32-47)61-40-59-65(64-55-19-11-14-22-62(55)73-66(61)64)63-54-18-8-7-17-53(54)60(39-58(63)68(59)56-20-12-9-15-51(56)52-16-10-13-21-57(52)68)71(50-37-29-46(70-6)30-38-50)49-35-27-45(28-36-49)67(3,4)5/h7-40,42H,1-5H3. The van der Waals surface area contributed by atoms with Crippen LogP contribution in [0.5, 0.6) is 0 Å². The van der Waals surface area contributed by atoms with Crippen molar-refractivity contribution in [2.75, 3.05) is 9.80 Å². The first-order chi connectivity index (χ1) is 35.6. The number of rotatable bonds is 7.